The summed E-state index contributed by atoms with van der Waals surface area (Å²) < 4.78 is 14.7. The highest BCUT2D eigenvalue weighted by atomic mass is 32.1. The first kappa shape index (κ1) is 16.2. The van der Waals surface area contributed by atoms with Gasteiger partial charge in [0.25, 0.3) is 0 Å². The van der Waals surface area contributed by atoms with Gasteiger partial charge in [0.1, 0.15) is 0 Å². The number of aromatic nitrogens is 2. The van der Waals surface area contributed by atoms with E-state index in [1.807, 2.05) is 19.1 Å². The van der Waals surface area contributed by atoms with Gasteiger partial charge < -0.3 is 14.8 Å². The Bertz CT molecular complexity index is 643. The molecule has 0 bridgehead atoms. The maximum absolute atomic E-state index is 11.7. The minimum absolute atomic E-state index is 0.0307. The van der Waals surface area contributed by atoms with Gasteiger partial charge in [-0.25, -0.2) is 0 Å². The number of anilines is 1. The number of ether oxygens (including phenoxy) is 2. The Hall–Kier alpha value is -2.15. The van der Waals surface area contributed by atoms with Crippen LogP contribution in [0, 0.1) is 0 Å². The van der Waals surface area contributed by atoms with Gasteiger partial charge >= 0.3 is 0 Å². The quantitative estimate of drug-likeness (QED) is 0.846. The smallest absolute Gasteiger partial charge is 0.226 e. The molecular formula is C15H19N3O3S. The van der Waals surface area contributed by atoms with Crippen molar-refractivity contribution in [3.8, 4) is 22.9 Å². The predicted molar refractivity (Wildman–Crippen MR) is 86.6 cm³/mol. The molecule has 2 rings (SSSR count). The van der Waals surface area contributed by atoms with Crippen LogP contribution in [0.25, 0.3) is 11.4 Å². The van der Waals surface area contributed by atoms with Crippen molar-refractivity contribution in [2.24, 2.45) is 0 Å². The van der Waals surface area contributed by atoms with Crippen molar-refractivity contribution in [3.05, 3.63) is 18.2 Å². The third-order valence-corrected chi connectivity index (χ3v) is 3.70. The average Bonchev–Trinajstić information content (AvgIpc) is 3.00. The van der Waals surface area contributed by atoms with Crippen molar-refractivity contribution >= 4 is 22.6 Å². The number of rotatable bonds is 7. The van der Waals surface area contributed by atoms with Crippen LogP contribution in [0.5, 0.6) is 11.5 Å². The number of carbonyl (C=O) groups excluding carboxylic acids is 1. The second-order valence-corrected chi connectivity index (χ2v) is 5.40. The van der Waals surface area contributed by atoms with E-state index in [2.05, 4.69) is 14.7 Å². The van der Waals surface area contributed by atoms with E-state index in [4.69, 9.17) is 9.47 Å². The van der Waals surface area contributed by atoms with Crippen LogP contribution < -0.4 is 14.8 Å². The fraction of sp³-hybridized carbons (Fsp3) is 0.400. The van der Waals surface area contributed by atoms with Gasteiger partial charge in [0, 0.05) is 23.5 Å². The van der Waals surface area contributed by atoms with Crippen LogP contribution in [0.15, 0.2) is 18.2 Å². The normalized spacial score (nSPS) is 10.3. The Balaban J connectivity index is 2.12. The number of benzene rings is 1. The van der Waals surface area contributed by atoms with Gasteiger partial charge in [0.05, 0.1) is 14.2 Å². The minimum atomic E-state index is -0.0307. The van der Waals surface area contributed by atoms with Gasteiger partial charge in [-0.2, -0.15) is 9.36 Å². The van der Waals surface area contributed by atoms with Crippen molar-refractivity contribution in [2.75, 3.05) is 19.5 Å². The standard InChI is InChI=1S/C15H19N3O3S/c1-4-5-6-13(19)16-15-17-14(18-22-15)10-7-8-11(20-2)12(9-10)21-3/h7-9H,4-6H2,1-3H3,(H,16,17,18,19). The van der Waals surface area contributed by atoms with E-state index >= 15 is 0 Å². The number of hydrogen-bond acceptors (Lipinski definition) is 6. The molecule has 0 aliphatic heterocycles. The van der Waals surface area contributed by atoms with Crippen LogP contribution in [0.3, 0.4) is 0 Å². The molecule has 0 radical (unpaired) electrons. The van der Waals surface area contributed by atoms with Crippen molar-refractivity contribution in [3.63, 3.8) is 0 Å². The van der Waals surface area contributed by atoms with E-state index in [1.165, 1.54) is 0 Å². The lowest BCUT2D eigenvalue weighted by Crippen LogP contribution is -2.10. The van der Waals surface area contributed by atoms with E-state index < -0.39 is 0 Å². The number of carbonyl (C=O) groups is 1. The number of hydrogen-bond donors (Lipinski definition) is 1. The van der Waals surface area contributed by atoms with Crippen LogP contribution in [0.2, 0.25) is 0 Å². The number of amides is 1. The Labute approximate surface area is 133 Å². The Morgan fingerprint density at radius 2 is 2.05 bits per heavy atom. The van der Waals surface area contributed by atoms with Crippen molar-refractivity contribution < 1.29 is 14.3 Å². The molecular weight excluding hydrogens is 302 g/mol. The summed E-state index contributed by atoms with van der Waals surface area (Å²) in [5, 5.41) is 3.27. The summed E-state index contributed by atoms with van der Waals surface area (Å²) >= 11 is 1.16. The highest BCUT2D eigenvalue weighted by Crippen LogP contribution is 2.32. The first-order chi connectivity index (χ1) is 10.7. The first-order valence-electron chi connectivity index (χ1n) is 7.04. The summed E-state index contributed by atoms with van der Waals surface area (Å²) in [6.45, 7) is 2.05. The molecule has 1 aromatic carbocycles. The molecule has 22 heavy (non-hydrogen) atoms. The number of nitrogens with one attached hydrogen (secondary N) is 1. The SMILES string of the molecule is CCCCC(=O)Nc1nc(-c2ccc(OC)c(OC)c2)ns1. The lowest BCUT2D eigenvalue weighted by molar-refractivity contribution is -0.116. The summed E-state index contributed by atoms with van der Waals surface area (Å²) in [7, 11) is 3.16. The van der Waals surface area contributed by atoms with Crippen LogP contribution in [-0.2, 0) is 4.79 Å². The van der Waals surface area contributed by atoms with Crippen molar-refractivity contribution in [1.29, 1.82) is 0 Å². The first-order valence-corrected chi connectivity index (χ1v) is 7.81. The Morgan fingerprint density at radius 3 is 2.73 bits per heavy atom. The molecule has 1 amide bonds. The molecule has 0 aliphatic carbocycles. The number of unbranched alkanes of at least 4 members (excludes halogenated alkanes) is 1. The van der Waals surface area contributed by atoms with Crippen LogP contribution >= 0.6 is 11.5 Å². The Morgan fingerprint density at radius 1 is 1.27 bits per heavy atom. The zero-order valence-corrected chi connectivity index (χ0v) is 13.7. The summed E-state index contributed by atoms with van der Waals surface area (Å²) in [6, 6.07) is 5.46. The van der Waals surface area contributed by atoms with E-state index in [9.17, 15) is 4.79 Å². The highest BCUT2D eigenvalue weighted by Gasteiger charge is 2.12. The molecule has 0 unspecified atom stereocenters. The zero-order chi connectivity index (χ0) is 15.9. The van der Waals surface area contributed by atoms with Crippen molar-refractivity contribution in [2.45, 2.75) is 26.2 Å². The fourth-order valence-electron chi connectivity index (χ4n) is 1.89. The molecule has 7 heteroatoms. The van der Waals surface area contributed by atoms with Gasteiger partial charge in [-0.15, -0.1) is 0 Å². The minimum Gasteiger partial charge on any atom is -0.493 e. The summed E-state index contributed by atoms with van der Waals surface area (Å²) in [5.74, 6) is 1.78. The lowest BCUT2D eigenvalue weighted by Gasteiger charge is -2.07. The zero-order valence-electron chi connectivity index (χ0n) is 12.9. The molecule has 0 spiro atoms. The van der Waals surface area contributed by atoms with Gasteiger partial charge in [-0.3, -0.25) is 4.79 Å². The average molecular weight is 321 g/mol. The number of nitrogens with zero attached hydrogens (tertiary/aromatic N) is 2. The topological polar surface area (TPSA) is 73.3 Å². The van der Waals surface area contributed by atoms with Gasteiger partial charge in [0.15, 0.2) is 17.3 Å². The number of methoxy groups -OCH3 is 2. The largest absolute Gasteiger partial charge is 0.493 e. The van der Waals surface area contributed by atoms with E-state index in [0.29, 0.717) is 28.9 Å². The molecule has 1 N–H and O–H groups in total. The van der Waals surface area contributed by atoms with Gasteiger partial charge in [-0.1, -0.05) is 13.3 Å². The van der Waals surface area contributed by atoms with Crippen LogP contribution in [0.1, 0.15) is 26.2 Å². The Kier molecular flexibility index (Phi) is 5.71. The van der Waals surface area contributed by atoms with Crippen LogP contribution in [-0.4, -0.2) is 29.5 Å². The van der Waals surface area contributed by atoms with Gasteiger partial charge in [-0.05, 0) is 24.6 Å². The second-order valence-electron chi connectivity index (χ2n) is 4.64. The third kappa shape index (κ3) is 3.94. The molecule has 6 nitrogen and oxygen atoms in total. The summed E-state index contributed by atoms with van der Waals surface area (Å²) in [4.78, 5) is 16.0. The second kappa shape index (κ2) is 7.74. The van der Waals surface area contributed by atoms with E-state index in [0.717, 1.165) is 29.9 Å². The van der Waals surface area contributed by atoms with E-state index in [1.54, 1.807) is 20.3 Å². The predicted octanol–water partition coefficient (Wildman–Crippen LogP) is 3.35. The monoisotopic (exact) mass is 321 g/mol. The molecule has 0 aliphatic rings. The molecule has 1 heterocycles. The molecule has 0 atom stereocenters. The maximum atomic E-state index is 11.7. The van der Waals surface area contributed by atoms with E-state index in [-0.39, 0.29) is 5.91 Å². The molecule has 0 saturated carbocycles. The summed E-state index contributed by atoms with van der Waals surface area (Å²) in [5.41, 5.74) is 0.808. The lowest BCUT2D eigenvalue weighted by atomic mass is 10.2. The molecule has 1 aromatic heterocycles. The summed E-state index contributed by atoms with van der Waals surface area (Å²) in [6.07, 6.45) is 2.36. The molecule has 0 saturated heterocycles. The third-order valence-electron chi connectivity index (χ3n) is 3.07. The maximum Gasteiger partial charge on any atom is 0.226 e. The van der Waals surface area contributed by atoms with Crippen LogP contribution in [0.4, 0.5) is 5.13 Å². The van der Waals surface area contributed by atoms with Gasteiger partial charge in [0.2, 0.25) is 11.0 Å². The molecule has 2 aromatic rings. The molecule has 118 valence electrons. The molecule has 0 fully saturated rings. The van der Waals surface area contributed by atoms with Crippen molar-refractivity contribution in [1.82, 2.24) is 9.36 Å². The fourth-order valence-corrected chi connectivity index (χ4v) is 2.49. The highest BCUT2D eigenvalue weighted by molar-refractivity contribution is 7.10.